The maximum absolute atomic E-state index is 5.95. The lowest BCUT2D eigenvalue weighted by atomic mass is 10.3. The number of fused-ring (bicyclic) bond motifs is 1. The molecule has 0 aliphatic heterocycles. The van der Waals surface area contributed by atoms with E-state index in [2.05, 4.69) is 20.2 Å². The van der Waals surface area contributed by atoms with E-state index in [1.807, 2.05) is 43.3 Å². The molecule has 2 aromatic heterocycles. The summed E-state index contributed by atoms with van der Waals surface area (Å²) in [6.45, 7) is 0. The van der Waals surface area contributed by atoms with Crippen LogP contribution in [0, 0.1) is 0 Å². The lowest BCUT2D eigenvalue weighted by molar-refractivity contribution is 0.970. The first-order valence-electron chi connectivity index (χ1n) is 5.84. The van der Waals surface area contributed by atoms with Crippen LogP contribution in [0.3, 0.4) is 0 Å². The summed E-state index contributed by atoms with van der Waals surface area (Å²) in [7, 11) is 3.86. The molecule has 3 aromatic rings. The zero-order chi connectivity index (χ0) is 14.1. The minimum absolute atomic E-state index is 0.412. The zero-order valence-corrected chi connectivity index (χ0v) is 12.6. The van der Waals surface area contributed by atoms with Gasteiger partial charge in [0.15, 0.2) is 10.2 Å². The highest BCUT2D eigenvalue weighted by molar-refractivity contribution is 8.01. The van der Waals surface area contributed by atoms with Gasteiger partial charge in [0, 0.05) is 14.1 Å². The Labute approximate surface area is 124 Å². The zero-order valence-electron chi connectivity index (χ0n) is 10.9. The summed E-state index contributed by atoms with van der Waals surface area (Å²) < 4.78 is 0.796. The van der Waals surface area contributed by atoms with Crippen LogP contribution >= 0.6 is 23.1 Å². The third kappa shape index (κ3) is 2.52. The van der Waals surface area contributed by atoms with Crippen LogP contribution in [0.4, 0.5) is 10.9 Å². The molecule has 2 N–H and O–H groups in total. The summed E-state index contributed by atoms with van der Waals surface area (Å²) in [6.07, 6.45) is 0. The third-order valence-electron chi connectivity index (χ3n) is 2.53. The Bertz CT molecular complexity index is 755. The molecule has 0 aliphatic carbocycles. The van der Waals surface area contributed by atoms with Crippen molar-refractivity contribution in [2.24, 2.45) is 0 Å². The standard InChI is InChI=1S/C12H12N6S2/c1-18(2)11-16-17-12(20-11)19-10-9(13)14-7-5-3-4-6-8(7)15-10/h3-6H,1-2H3,(H2,13,14). The molecule has 0 radical (unpaired) electrons. The van der Waals surface area contributed by atoms with Gasteiger partial charge in [-0.1, -0.05) is 23.5 Å². The van der Waals surface area contributed by atoms with E-state index in [1.165, 1.54) is 23.1 Å². The van der Waals surface area contributed by atoms with E-state index in [1.54, 1.807) is 0 Å². The minimum Gasteiger partial charge on any atom is -0.381 e. The fourth-order valence-electron chi connectivity index (χ4n) is 1.58. The van der Waals surface area contributed by atoms with E-state index in [0.717, 1.165) is 20.5 Å². The van der Waals surface area contributed by atoms with Crippen molar-refractivity contribution in [2.75, 3.05) is 24.7 Å². The number of hydrogen-bond donors (Lipinski definition) is 1. The fraction of sp³-hybridized carbons (Fsp3) is 0.167. The van der Waals surface area contributed by atoms with Crippen LogP contribution in [-0.4, -0.2) is 34.3 Å². The Hall–Kier alpha value is -1.93. The Kier molecular flexibility index (Phi) is 3.41. The Morgan fingerprint density at radius 1 is 1.10 bits per heavy atom. The molecule has 0 atom stereocenters. The number of para-hydroxylation sites is 2. The molecule has 0 bridgehead atoms. The van der Waals surface area contributed by atoms with Crippen molar-refractivity contribution in [3.63, 3.8) is 0 Å². The second kappa shape index (κ2) is 5.22. The maximum Gasteiger partial charge on any atom is 0.208 e. The van der Waals surface area contributed by atoms with Gasteiger partial charge in [0.25, 0.3) is 0 Å². The van der Waals surface area contributed by atoms with Crippen molar-refractivity contribution in [3.8, 4) is 0 Å². The summed E-state index contributed by atoms with van der Waals surface area (Å²) in [5, 5.41) is 9.71. The quantitative estimate of drug-likeness (QED) is 0.795. The van der Waals surface area contributed by atoms with Gasteiger partial charge in [-0.25, -0.2) is 9.97 Å². The normalized spacial score (nSPS) is 10.9. The highest BCUT2D eigenvalue weighted by Gasteiger charge is 2.12. The highest BCUT2D eigenvalue weighted by atomic mass is 32.2. The molecule has 1 aromatic carbocycles. The van der Waals surface area contributed by atoms with Crippen LogP contribution in [-0.2, 0) is 0 Å². The summed E-state index contributed by atoms with van der Waals surface area (Å²) >= 11 is 2.88. The number of anilines is 2. The fourth-order valence-corrected chi connectivity index (χ4v) is 3.25. The van der Waals surface area contributed by atoms with Crippen molar-refractivity contribution < 1.29 is 0 Å². The molecule has 0 amide bonds. The molecule has 102 valence electrons. The van der Waals surface area contributed by atoms with E-state index in [9.17, 15) is 0 Å². The van der Waals surface area contributed by atoms with Gasteiger partial charge in [0.1, 0.15) is 5.03 Å². The topological polar surface area (TPSA) is 80.8 Å². The molecule has 0 saturated carbocycles. The third-order valence-corrected chi connectivity index (χ3v) is 4.66. The first kappa shape index (κ1) is 13.1. The molecule has 3 rings (SSSR count). The van der Waals surface area contributed by atoms with Crippen LogP contribution < -0.4 is 10.6 Å². The van der Waals surface area contributed by atoms with Gasteiger partial charge in [-0.2, -0.15) is 0 Å². The molecule has 20 heavy (non-hydrogen) atoms. The molecule has 0 unspecified atom stereocenters. The van der Waals surface area contributed by atoms with Crippen LogP contribution in [0.1, 0.15) is 0 Å². The monoisotopic (exact) mass is 304 g/mol. The number of aromatic nitrogens is 4. The largest absolute Gasteiger partial charge is 0.381 e. The van der Waals surface area contributed by atoms with Gasteiger partial charge in [-0.3, -0.25) is 0 Å². The van der Waals surface area contributed by atoms with Crippen molar-refractivity contribution in [1.82, 2.24) is 20.2 Å². The van der Waals surface area contributed by atoms with E-state index >= 15 is 0 Å². The van der Waals surface area contributed by atoms with Crippen LogP contribution in [0.2, 0.25) is 0 Å². The number of nitrogen functional groups attached to an aromatic ring is 1. The molecule has 8 heteroatoms. The molecular formula is C12H12N6S2. The molecule has 0 spiro atoms. The van der Waals surface area contributed by atoms with Crippen molar-refractivity contribution >= 4 is 45.1 Å². The van der Waals surface area contributed by atoms with Gasteiger partial charge in [0.05, 0.1) is 11.0 Å². The van der Waals surface area contributed by atoms with E-state index in [-0.39, 0.29) is 0 Å². The van der Waals surface area contributed by atoms with Gasteiger partial charge < -0.3 is 10.6 Å². The molecule has 0 aliphatic rings. The molecule has 2 heterocycles. The number of benzene rings is 1. The van der Waals surface area contributed by atoms with E-state index in [0.29, 0.717) is 10.8 Å². The second-order valence-electron chi connectivity index (χ2n) is 4.25. The number of hydrogen-bond acceptors (Lipinski definition) is 8. The summed E-state index contributed by atoms with van der Waals surface area (Å²) in [4.78, 5) is 10.8. The lowest BCUT2D eigenvalue weighted by Crippen LogP contribution is -2.07. The molecule has 0 fully saturated rings. The minimum atomic E-state index is 0.412. The summed E-state index contributed by atoms with van der Waals surface area (Å²) in [5.41, 5.74) is 7.57. The van der Waals surface area contributed by atoms with E-state index in [4.69, 9.17) is 5.73 Å². The van der Waals surface area contributed by atoms with Crippen LogP contribution in [0.25, 0.3) is 11.0 Å². The smallest absolute Gasteiger partial charge is 0.208 e. The maximum atomic E-state index is 5.95. The summed E-state index contributed by atoms with van der Waals surface area (Å²) in [6, 6.07) is 7.65. The molecule has 6 nitrogen and oxygen atoms in total. The number of rotatable bonds is 3. The Morgan fingerprint density at radius 3 is 2.45 bits per heavy atom. The first-order chi connectivity index (χ1) is 9.63. The lowest BCUT2D eigenvalue weighted by Gasteiger charge is -2.04. The molecule has 0 saturated heterocycles. The van der Waals surface area contributed by atoms with Crippen molar-refractivity contribution in [3.05, 3.63) is 24.3 Å². The average Bonchev–Trinajstić information content (AvgIpc) is 2.88. The Morgan fingerprint density at radius 2 is 1.80 bits per heavy atom. The van der Waals surface area contributed by atoms with Gasteiger partial charge in [0.2, 0.25) is 5.13 Å². The first-order valence-corrected chi connectivity index (χ1v) is 7.48. The van der Waals surface area contributed by atoms with Crippen molar-refractivity contribution in [1.29, 1.82) is 0 Å². The summed E-state index contributed by atoms with van der Waals surface area (Å²) in [5.74, 6) is 0.412. The van der Waals surface area contributed by atoms with Gasteiger partial charge in [-0.15, -0.1) is 10.2 Å². The highest BCUT2D eigenvalue weighted by Crippen LogP contribution is 2.34. The van der Waals surface area contributed by atoms with E-state index < -0.39 is 0 Å². The van der Waals surface area contributed by atoms with Gasteiger partial charge in [-0.05, 0) is 23.9 Å². The van der Waals surface area contributed by atoms with Crippen molar-refractivity contribution in [2.45, 2.75) is 9.37 Å². The number of nitrogens with two attached hydrogens (primary N) is 1. The van der Waals surface area contributed by atoms with Gasteiger partial charge >= 0.3 is 0 Å². The Balaban J connectivity index is 1.95. The predicted octanol–water partition coefficient (Wildman–Crippen LogP) is 2.28. The second-order valence-corrected chi connectivity index (χ2v) is 6.44. The van der Waals surface area contributed by atoms with Crippen LogP contribution in [0.15, 0.2) is 33.6 Å². The number of nitrogens with zero attached hydrogens (tertiary/aromatic N) is 5. The van der Waals surface area contributed by atoms with Crippen LogP contribution in [0.5, 0.6) is 0 Å². The SMILES string of the molecule is CN(C)c1nnc(Sc2nc3ccccc3nc2N)s1. The molecular weight excluding hydrogens is 292 g/mol. The predicted molar refractivity (Wildman–Crippen MR) is 82.3 cm³/mol. The average molecular weight is 304 g/mol.